The van der Waals surface area contributed by atoms with Crippen molar-refractivity contribution in [3.05, 3.63) is 59.7 Å². The molecule has 2 aliphatic heterocycles. The van der Waals surface area contributed by atoms with Crippen LogP contribution in [0.1, 0.15) is 70.9 Å². The molecule has 43 heavy (non-hydrogen) atoms. The van der Waals surface area contributed by atoms with Crippen molar-refractivity contribution >= 4 is 24.8 Å². The second-order valence-corrected chi connectivity index (χ2v) is 13.1. The molecular weight excluding hydrogens is 600 g/mol. The number of rotatable bonds is 11. The van der Waals surface area contributed by atoms with E-state index in [9.17, 15) is 13.2 Å². The van der Waals surface area contributed by atoms with Gasteiger partial charge in [0.15, 0.2) is 0 Å². The zero-order valence-electron chi connectivity index (χ0n) is 26.1. The topological polar surface area (TPSA) is 43.0 Å². The Labute approximate surface area is 268 Å². The minimum absolute atomic E-state index is 0. The van der Waals surface area contributed by atoms with Crippen LogP contribution < -0.4 is 14.8 Å². The summed E-state index contributed by atoms with van der Waals surface area (Å²) in [5.74, 6) is 1.60. The molecule has 4 rings (SSSR count). The average Bonchev–Trinajstić information content (AvgIpc) is 2.92. The molecule has 0 bridgehead atoms. The fraction of sp³-hybridized carbons (Fsp3) is 0.636. The SMILES string of the molecule is COc1ccc([C@]2(CCN(Cc3ccc(OC4CCNCC4)cc3)CC(C)(C)C(F)(F)F)CCOC(C)(C)C2)cc1.Cl.Cl. The molecule has 5 nitrogen and oxygen atoms in total. The lowest BCUT2D eigenvalue weighted by atomic mass is 9.67. The highest BCUT2D eigenvalue weighted by Crippen LogP contribution is 2.45. The molecule has 0 aliphatic carbocycles. The van der Waals surface area contributed by atoms with Crippen LogP contribution in [0.25, 0.3) is 0 Å². The van der Waals surface area contributed by atoms with Crippen molar-refractivity contribution in [2.45, 2.75) is 89.6 Å². The number of hydrogen-bond acceptors (Lipinski definition) is 5. The van der Waals surface area contributed by atoms with Gasteiger partial charge in [0.1, 0.15) is 17.6 Å². The molecule has 2 fully saturated rings. The van der Waals surface area contributed by atoms with Crippen LogP contribution in [-0.4, -0.2) is 62.7 Å². The number of alkyl halides is 3. The summed E-state index contributed by atoms with van der Waals surface area (Å²) in [7, 11) is 1.65. The summed E-state index contributed by atoms with van der Waals surface area (Å²) in [5.41, 5.74) is -0.206. The summed E-state index contributed by atoms with van der Waals surface area (Å²) in [5, 5.41) is 3.34. The van der Waals surface area contributed by atoms with Gasteiger partial charge in [-0.15, -0.1) is 24.8 Å². The summed E-state index contributed by atoms with van der Waals surface area (Å²) < 4.78 is 59.7. The second-order valence-electron chi connectivity index (χ2n) is 13.1. The first-order valence-electron chi connectivity index (χ1n) is 14.8. The van der Waals surface area contributed by atoms with E-state index in [1.54, 1.807) is 7.11 Å². The van der Waals surface area contributed by atoms with Crippen molar-refractivity contribution in [1.29, 1.82) is 0 Å². The Balaban J connectivity index is 0.00000323. The van der Waals surface area contributed by atoms with Gasteiger partial charge < -0.3 is 19.5 Å². The summed E-state index contributed by atoms with van der Waals surface area (Å²) in [6.07, 6.45) is 0.195. The highest BCUT2D eigenvalue weighted by Gasteiger charge is 2.48. The highest BCUT2D eigenvalue weighted by atomic mass is 35.5. The van der Waals surface area contributed by atoms with E-state index in [2.05, 4.69) is 31.3 Å². The van der Waals surface area contributed by atoms with E-state index in [1.165, 1.54) is 19.4 Å². The molecule has 244 valence electrons. The van der Waals surface area contributed by atoms with E-state index in [1.807, 2.05) is 41.3 Å². The van der Waals surface area contributed by atoms with E-state index in [-0.39, 0.29) is 48.5 Å². The molecule has 2 aromatic rings. The van der Waals surface area contributed by atoms with E-state index in [4.69, 9.17) is 14.2 Å². The molecule has 0 spiro atoms. The molecule has 1 atom stereocenters. The van der Waals surface area contributed by atoms with Crippen molar-refractivity contribution in [3.63, 3.8) is 0 Å². The van der Waals surface area contributed by atoms with Gasteiger partial charge in [0.05, 0.1) is 18.1 Å². The Bertz CT molecular complexity index is 1110. The van der Waals surface area contributed by atoms with Crippen LogP contribution in [0.3, 0.4) is 0 Å². The van der Waals surface area contributed by atoms with Crippen LogP contribution in [0.15, 0.2) is 48.5 Å². The Morgan fingerprint density at radius 3 is 2.12 bits per heavy atom. The third kappa shape index (κ3) is 10.1. The van der Waals surface area contributed by atoms with Crippen molar-refractivity contribution in [2.75, 3.05) is 39.9 Å². The van der Waals surface area contributed by atoms with Gasteiger partial charge in [-0.2, -0.15) is 13.2 Å². The Morgan fingerprint density at radius 1 is 0.953 bits per heavy atom. The number of hydrogen-bond donors (Lipinski definition) is 1. The zero-order valence-corrected chi connectivity index (χ0v) is 27.7. The van der Waals surface area contributed by atoms with Gasteiger partial charge >= 0.3 is 6.18 Å². The average molecular weight is 650 g/mol. The predicted molar refractivity (Wildman–Crippen MR) is 171 cm³/mol. The van der Waals surface area contributed by atoms with E-state index >= 15 is 0 Å². The monoisotopic (exact) mass is 648 g/mol. The van der Waals surface area contributed by atoms with Gasteiger partial charge in [0.2, 0.25) is 0 Å². The van der Waals surface area contributed by atoms with Gasteiger partial charge in [-0.3, -0.25) is 4.90 Å². The molecular formula is C33H49Cl2F3N2O3. The standard InChI is InChI=1S/C33H47F3N2O3.2ClH/c1-30(2,33(34,35)36)24-38(22-25-6-10-28(11-7-25)41-29-14-18-37-19-15-29)20-16-32(17-21-40-31(3,4)23-32)26-8-12-27(39-5)13-9-26;;/h6-13,29,37H,14-24H2,1-5H3;2*1H/t32-;;/m1../s1. The van der Waals surface area contributed by atoms with Gasteiger partial charge in [0.25, 0.3) is 0 Å². The van der Waals surface area contributed by atoms with Crippen molar-refractivity contribution in [3.8, 4) is 11.5 Å². The molecule has 2 heterocycles. The van der Waals surface area contributed by atoms with Crippen molar-refractivity contribution in [2.24, 2.45) is 5.41 Å². The minimum atomic E-state index is -4.30. The number of ether oxygens (including phenoxy) is 3. The number of piperidine rings is 1. The van der Waals surface area contributed by atoms with Crippen molar-refractivity contribution < 1.29 is 27.4 Å². The van der Waals surface area contributed by atoms with Crippen LogP contribution in [0.5, 0.6) is 11.5 Å². The Morgan fingerprint density at radius 2 is 1.56 bits per heavy atom. The highest BCUT2D eigenvalue weighted by molar-refractivity contribution is 5.85. The maximum atomic E-state index is 14.0. The second kappa shape index (κ2) is 15.5. The minimum Gasteiger partial charge on any atom is -0.497 e. The van der Waals surface area contributed by atoms with E-state index < -0.39 is 11.6 Å². The summed E-state index contributed by atoms with van der Waals surface area (Å²) >= 11 is 0. The molecule has 0 radical (unpaired) electrons. The largest absolute Gasteiger partial charge is 0.497 e. The number of halogens is 5. The summed E-state index contributed by atoms with van der Waals surface area (Å²) in [6, 6.07) is 16.0. The molecule has 0 saturated carbocycles. The molecule has 2 aromatic carbocycles. The van der Waals surface area contributed by atoms with Crippen LogP contribution in [-0.2, 0) is 16.7 Å². The van der Waals surface area contributed by atoms with Crippen LogP contribution in [0.4, 0.5) is 13.2 Å². The predicted octanol–water partition coefficient (Wildman–Crippen LogP) is 7.98. The van der Waals surface area contributed by atoms with Gasteiger partial charge in [-0.1, -0.05) is 24.3 Å². The molecule has 1 N–H and O–H groups in total. The Kier molecular flexibility index (Phi) is 13.5. The molecule has 0 amide bonds. The third-order valence-electron chi connectivity index (χ3n) is 8.75. The van der Waals surface area contributed by atoms with Crippen molar-refractivity contribution in [1.82, 2.24) is 10.2 Å². The molecule has 10 heteroatoms. The number of nitrogens with zero attached hydrogens (tertiary/aromatic N) is 1. The van der Waals surface area contributed by atoms with Gasteiger partial charge in [-0.25, -0.2) is 0 Å². The number of benzene rings is 2. The van der Waals surface area contributed by atoms with Crippen LogP contribution in [0.2, 0.25) is 0 Å². The van der Waals surface area contributed by atoms with Crippen LogP contribution in [0, 0.1) is 5.41 Å². The normalized spacial score (nSPS) is 21.0. The molecule has 0 aromatic heterocycles. The maximum absolute atomic E-state index is 14.0. The third-order valence-corrected chi connectivity index (χ3v) is 8.75. The fourth-order valence-electron chi connectivity index (χ4n) is 6.30. The lowest BCUT2D eigenvalue weighted by Gasteiger charge is -2.46. The van der Waals surface area contributed by atoms with E-state index in [0.29, 0.717) is 19.7 Å². The first-order chi connectivity index (χ1) is 19.3. The fourth-order valence-corrected chi connectivity index (χ4v) is 6.30. The first-order valence-corrected chi connectivity index (χ1v) is 14.8. The smallest absolute Gasteiger partial charge is 0.395 e. The Hall–Kier alpha value is -1.71. The lowest BCUT2D eigenvalue weighted by molar-refractivity contribution is -0.217. The van der Waals surface area contributed by atoms with Gasteiger partial charge in [-0.05, 0) is 115 Å². The first kappa shape index (κ1) is 37.5. The number of methoxy groups -OCH3 is 1. The molecule has 2 saturated heterocycles. The maximum Gasteiger partial charge on any atom is 0.395 e. The number of nitrogens with one attached hydrogen (secondary N) is 1. The van der Waals surface area contributed by atoms with Crippen LogP contribution >= 0.6 is 24.8 Å². The quantitative estimate of drug-likeness (QED) is 0.268. The van der Waals surface area contributed by atoms with E-state index in [0.717, 1.165) is 62.3 Å². The zero-order chi connectivity index (χ0) is 29.7. The van der Waals surface area contributed by atoms with Gasteiger partial charge in [0, 0.05) is 25.1 Å². The molecule has 2 aliphatic rings. The molecule has 0 unspecified atom stereocenters. The lowest BCUT2D eigenvalue weighted by Crippen LogP contribution is -2.47. The summed E-state index contributed by atoms with van der Waals surface area (Å²) in [4.78, 5) is 1.98. The summed E-state index contributed by atoms with van der Waals surface area (Å²) in [6.45, 7) is 10.2.